The molecule has 0 radical (unpaired) electrons. The summed E-state index contributed by atoms with van der Waals surface area (Å²) >= 11 is 0. The van der Waals surface area contributed by atoms with E-state index in [0.717, 1.165) is 30.6 Å². The number of carbonyl (C=O) groups excluding carboxylic acids is 2. The van der Waals surface area contributed by atoms with Crippen molar-refractivity contribution in [3.8, 4) is 0 Å². The Bertz CT molecular complexity index is 1030. The summed E-state index contributed by atoms with van der Waals surface area (Å²) in [5, 5.41) is 0. The molecule has 0 spiro atoms. The molecule has 2 saturated heterocycles. The molecule has 0 N–H and O–H groups in total. The van der Waals surface area contributed by atoms with Gasteiger partial charge in [-0.05, 0) is 100.0 Å². The van der Waals surface area contributed by atoms with Crippen molar-refractivity contribution in [1.82, 2.24) is 14.8 Å². The minimum atomic E-state index is -0.918. The number of aryl methyl sites for hydroxylation is 1. The smallest absolute Gasteiger partial charge is 0.305 e. The van der Waals surface area contributed by atoms with Crippen molar-refractivity contribution in [3.05, 3.63) is 59.4 Å². The molecule has 6 nitrogen and oxygen atoms in total. The van der Waals surface area contributed by atoms with Crippen molar-refractivity contribution in [2.75, 3.05) is 24.5 Å². The van der Waals surface area contributed by atoms with E-state index >= 15 is 0 Å². The van der Waals surface area contributed by atoms with Crippen LogP contribution in [0.5, 0.6) is 0 Å². The molecule has 34 heavy (non-hydrogen) atoms. The highest BCUT2D eigenvalue weighted by Gasteiger charge is 2.51. The van der Waals surface area contributed by atoms with E-state index in [9.17, 15) is 9.59 Å². The average Bonchev–Trinajstić information content (AvgIpc) is 3.36. The van der Waals surface area contributed by atoms with E-state index in [-0.39, 0.29) is 17.4 Å². The number of hydrogen-bond acceptors (Lipinski definition) is 4. The standard InChI is InChI=1S/C28H38N4O2/c1-27(2,3)22-10-12-24(13-11-22)32-25(33)28(4,5)31(26(32)34)20-21-14-15-29-23(19-21)9-8-18-30-16-6-7-17-30/h10-15,19H,6-9,16-18,20H2,1-5H3. The number of carbonyl (C=O) groups is 2. The zero-order valence-corrected chi connectivity index (χ0v) is 21.3. The fourth-order valence-electron chi connectivity index (χ4n) is 4.87. The predicted molar refractivity (Wildman–Crippen MR) is 136 cm³/mol. The highest BCUT2D eigenvalue weighted by Crippen LogP contribution is 2.34. The second-order valence-corrected chi connectivity index (χ2v) is 11.2. The Morgan fingerprint density at radius 1 is 1.00 bits per heavy atom. The van der Waals surface area contributed by atoms with Gasteiger partial charge in [0.2, 0.25) is 0 Å². The van der Waals surface area contributed by atoms with Crippen molar-refractivity contribution in [2.45, 2.75) is 77.8 Å². The summed E-state index contributed by atoms with van der Waals surface area (Å²) in [6, 6.07) is 11.5. The van der Waals surface area contributed by atoms with E-state index in [2.05, 4.69) is 36.7 Å². The maximum atomic E-state index is 13.4. The van der Waals surface area contributed by atoms with Crippen LogP contribution in [-0.4, -0.2) is 51.9 Å². The van der Waals surface area contributed by atoms with Crippen LogP contribution < -0.4 is 4.90 Å². The number of pyridine rings is 1. The number of rotatable bonds is 7. The molecule has 0 unspecified atom stereocenters. The van der Waals surface area contributed by atoms with Gasteiger partial charge >= 0.3 is 6.03 Å². The van der Waals surface area contributed by atoms with E-state index < -0.39 is 5.54 Å². The largest absolute Gasteiger partial charge is 0.332 e. The predicted octanol–water partition coefficient (Wildman–Crippen LogP) is 5.15. The van der Waals surface area contributed by atoms with Crippen molar-refractivity contribution in [2.24, 2.45) is 0 Å². The first-order valence-electron chi connectivity index (χ1n) is 12.5. The molecule has 4 rings (SSSR count). The fraction of sp³-hybridized carbons (Fsp3) is 0.536. The van der Waals surface area contributed by atoms with E-state index in [1.165, 1.54) is 36.4 Å². The van der Waals surface area contributed by atoms with Gasteiger partial charge in [0.1, 0.15) is 5.54 Å². The Labute approximate surface area is 204 Å². The maximum Gasteiger partial charge on any atom is 0.332 e. The quantitative estimate of drug-likeness (QED) is 0.534. The molecule has 182 valence electrons. The third-order valence-corrected chi connectivity index (χ3v) is 7.14. The molecule has 6 heteroatoms. The van der Waals surface area contributed by atoms with Crippen molar-refractivity contribution in [3.63, 3.8) is 0 Å². The zero-order valence-electron chi connectivity index (χ0n) is 21.3. The Morgan fingerprint density at radius 3 is 2.32 bits per heavy atom. The van der Waals surface area contributed by atoms with Crippen LogP contribution in [0.15, 0.2) is 42.6 Å². The second kappa shape index (κ2) is 9.49. The second-order valence-electron chi connectivity index (χ2n) is 11.2. The Balaban J connectivity index is 1.46. The number of likely N-dealkylation sites (tertiary alicyclic amines) is 1. The molecule has 1 aromatic heterocycles. The minimum Gasteiger partial charge on any atom is -0.305 e. The van der Waals surface area contributed by atoms with Gasteiger partial charge in [-0.1, -0.05) is 32.9 Å². The van der Waals surface area contributed by atoms with Gasteiger partial charge in [0.25, 0.3) is 5.91 Å². The normalized spacial score (nSPS) is 18.9. The Morgan fingerprint density at radius 2 is 1.68 bits per heavy atom. The molecular weight excluding hydrogens is 424 g/mol. The Kier molecular flexibility index (Phi) is 6.81. The summed E-state index contributed by atoms with van der Waals surface area (Å²) in [5.74, 6) is -0.194. The van der Waals surface area contributed by atoms with E-state index in [1.54, 1.807) is 4.90 Å². The van der Waals surface area contributed by atoms with Crippen LogP contribution in [0.3, 0.4) is 0 Å². The van der Waals surface area contributed by atoms with Gasteiger partial charge in [-0.15, -0.1) is 0 Å². The maximum absolute atomic E-state index is 13.4. The van der Waals surface area contributed by atoms with Crippen LogP contribution >= 0.6 is 0 Å². The van der Waals surface area contributed by atoms with Gasteiger partial charge in [0.15, 0.2) is 0 Å². The molecule has 2 aliphatic heterocycles. The zero-order chi connectivity index (χ0) is 24.5. The summed E-state index contributed by atoms with van der Waals surface area (Å²) in [7, 11) is 0. The number of nitrogens with zero attached hydrogens (tertiary/aromatic N) is 4. The van der Waals surface area contributed by atoms with Crippen LogP contribution in [0, 0.1) is 0 Å². The van der Waals surface area contributed by atoms with Gasteiger partial charge in [0.05, 0.1) is 5.69 Å². The van der Waals surface area contributed by atoms with Crippen LogP contribution in [0.2, 0.25) is 0 Å². The molecule has 0 aliphatic carbocycles. The molecule has 2 aliphatic rings. The molecule has 2 fully saturated rings. The number of hydrogen-bond donors (Lipinski definition) is 0. The van der Waals surface area contributed by atoms with Gasteiger partial charge < -0.3 is 9.80 Å². The van der Waals surface area contributed by atoms with Gasteiger partial charge in [0, 0.05) is 18.4 Å². The summed E-state index contributed by atoms with van der Waals surface area (Å²) in [4.78, 5) is 36.8. The topological polar surface area (TPSA) is 56.8 Å². The molecule has 0 saturated carbocycles. The molecule has 2 aromatic rings. The molecule has 1 aromatic carbocycles. The van der Waals surface area contributed by atoms with Gasteiger partial charge in [-0.25, -0.2) is 9.69 Å². The number of amides is 3. The summed E-state index contributed by atoms with van der Waals surface area (Å²) in [5.41, 5.74) is 2.93. The number of imide groups is 1. The lowest BCUT2D eigenvalue weighted by Crippen LogP contribution is -2.43. The highest BCUT2D eigenvalue weighted by molar-refractivity contribution is 6.22. The monoisotopic (exact) mass is 462 g/mol. The van der Waals surface area contributed by atoms with Gasteiger partial charge in [-0.3, -0.25) is 9.78 Å². The minimum absolute atomic E-state index is 0.0103. The lowest BCUT2D eigenvalue weighted by molar-refractivity contribution is -0.123. The molecule has 3 amide bonds. The third-order valence-electron chi connectivity index (χ3n) is 7.14. The summed E-state index contributed by atoms with van der Waals surface area (Å²) in [6.07, 6.45) is 6.45. The summed E-state index contributed by atoms with van der Waals surface area (Å²) in [6.45, 7) is 14.0. The van der Waals surface area contributed by atoms with Crippen LogP contribution in [0.1, 0.15) is 70.7 Å². The van der Waals surface area contributed by atoms with Gasteiger partial charge in [-0.2, -0.15) is 0 Å². The van der Waals surface area contributed by atoms with E-state index in [1.807, 2.05) is 50.4 Å². The summed E-state index contributed by atoms with van der Waals surface area (Å²) < 4.78 is 0. The van der Waals surface area contributed by atoms with Crippen LogP contribution in [0.4, 0.5) is 10.5 Å². The van der Waals surface area contributed by atoms with E-state index in [4.69, 9.17) is 0 Å². The first-order chi connectivity index (χ1) is 16.1. The van der Waals surface area contributed by atoms with Crippen molar-refractivity contribution >= 4 is 17.6 Å². The van der Waals surface area contributed by atoms with E-state index in [0.29, 0.717) is 12.2 Å². The molecular formula is C28H38N4O2. The molecule has 3 heterocycles. The SMILES string of the molecule is CC(C)(C)c1ccc(N2C(=O)N(Cc3ccnc(CCCN4CCCC4)c3)C(C)(C)C2=O)cc1. The van der Waals surface area contributed by atoms with Crippen molar-refractivity contribution < 1.29 is 9.59 Å². The fourth-order valence-corrected chi connectivity index (χ4v) is 4.87. The molecule has 0 atom stereocenters. The highest BCUT2D eigenvalue weighted by atomic mass is 16.2. The molecule has 0 bridgehead atoms. The van der Waals surface area contributed by atoms with Crippen LogP contribution in [-0.2, 0) is 23.2 Å². The number of anilines is 1. The van der Waals surface area contributed by atoms with Crippen molar-refractivity contribution in [1.29, 1.82) is 0 Å². The Hall–Kier alpha value is -2.73. The number of urea groups is 1. The van der Waals surface area contributed by atoms with Crippen LogP contribution in [0.25, 0.3) is 0 Å². The first kappa shape index (κ1) is 24.4. The number of aromatic nitrogens is 1. The number of benzene rings is 1. The first-order valence-corrected chi connectivity index (χ1v) is 12.5. The average molecular weight is 463 g/mol. The third kappa shape index (κ3) is 5.02. The lowest BCUT2D eigenvalue weighted by Gasteiger charge is -2.27. The lowest BCUT2D eigenvalue weighted by atomic mass is 9.87.